The number of nitrogens with one attached hydrogen (secondary N) is 1. The fourth-order valence-electron chi connectivity index (χ4n) is 2.39. The van der Waals surface area contributed by atoms with E-state index in [1.54, 1.807) is 6.92 Å². The summed E-state index contributed by atoms with van der Waals surface area (Å²) in [7, 11) is -3.28. The Morgan fingerprint density at radius 2 is 2.04 bits per heavy atom. The van der Waals surface area contributed by atoms with E-state index in [0.29, 0.717) is 19.5 Å². The number of imidazole rings is 1. The minimum absolute atomic E-state index is 0.00347. The van der Waals surface area contributed by atoms with Crippen LogP contribution in [0.1, 0.15) is 34.3 Å². The van der Waals surface area contributed by atoms with Gasteiger partial charge in [-0.25, -0.2) is 22.5 Å². The largest absolute Gasteiger partial charge is 0.461 e. The van der Waals surface area contributed by atoms with E-state index in [2.05, 4.69) is 9.97 Å². The number of carbonyl (C=O) groups is 2. The van der Waals surface area contributed by atoms with Crippen molar-refractivity contribution in [2.45, 2.75) is 13.3 Å². The average molecular weight is 344 g/mol. The predicted molar refractivity (Wildman–Crippen MR) is 81.5 cm³/mol. The van der Waals surface area contributed by atoms with Gasteiger partial charge >= 0.3 is 5.97 Å². The number of nitrogens with zero attached hydrogens (tertiary/aromatic N) is 3. The lowest BCUT2D eigenvalue weighted by atomic mass is 10.2. The van der Waals surface area contributed by atoms with Crippen LogP contribution in [-0.4, -0.2) is 78.5 Å². The third-order valence-corrected chi connectivity index (χ3v) is 4.84. The van der Waals surface area contributed by atoms with Crippen LogP contribution in [0.25, 0.3) is 0 Å². The number of hydrogen-bond acceptors (Lipinski definition) is 6. The molecule has 0 saturated carbocycles. The van der Waals surface area contributed by atoms with Crippen LogP contribution in [0.4, 0.5) is 0 Å². The Bertz CT molecular complexity index is 684. The second-order valence-corrected chi connectivity index (χ2v) is 7.14. The van der Waals surface area contributed by atoms with Crippen LogP contribution < -0.4 is 0 Å². The standard InChI is InChI=1S/C13H20N4O5S/c1-3-22-13(19)11-10(14-9-15-11)12(18)16-5-4-6-17(8-7-16)23(2,20)21/h9H,3-8H2,1-2H3,(H,14,15). The van der Waals surface area contributed by atoms with E-state index in [4.69, 9.17) is 4.74 Å². The van der Waals surface area contributed by atoms with Gasteiger partial charge in [0.25, 0.3) is 5.91 Å². The van der Waals surface area contributed by atoms with Gasteiger partial charge in [-0.05, 0) is 13.3 Å². The lowest BCUT2D eigenvalue weighted by Crippen LogP contribution is -2.37. The molecule has 0 bridgehead atoms. The van der Waals surface area contributed by atoms with Crippen LogP contribution in [0.15, 0.2) is 6.33 Å². The number of sulfonamides is 1. The zero-order valence-corrected chi connectivity index (χ0v) is 13.9. The molecule has 1 aliphatic heterocycles. The number of ether oxygens (including phenoxy) is 1. The molecule has 1 aromatic rings. The highest BCUT2D eigenvalue weighted by molar-refractivity contribution is 7.88. The third kappa shape index (κ3) is 4.08. The van der Waals surface area contributed by atoms with E-state index in [-0.39, 0.29) is 31.1 Å². The molecule has 1 aliphatic rings. The van der Waals surface area contributed by atoms with Crippen LogP contribution in [0.2, 0.25) is 0 Å². The summed E-state index contributed by atoms with van der Waals surface area (Å²) in [6.07, 6.45) is 2.94. The quantitative estimate of drug-likeness (QED) is 0.750. The van der Waals surface area contributed by atoms with Crippen molar-refractivity contribution < 1.29 is 22.7 Å². The minimum Gasteiger partial charge on any atom is -0.461 e. The molecule has 0 atom stereocenters. The average Bonchev–Trinajstić information content (AvgIpc) is 2.82. The molecule has 0 radical (unpaired) electrons. The Morgan fingerprint density at radius 3 is 2.70 bits per heavy atom. The first-order valence-corrected chi connectivity index (χ1v) is 9.14. The third-order valence-electron chi connectivity index (χ3n) is 3.53. The van der Waals surface area contributed by atoms with Gasteiger partial charge in [0.1, 0.15) is 0 Å². The molecule has 1 amide bonds. The van der Waals surface area contributed by atoms with Gasteiger partial charge in [-0.3, -0.25) is 4.79 Å². The monoisotopic (exact) mass is 344 g/mol. The SMILES string of the molecule is CCOC(=O)c1[nH]cnc1C(=O)N1CCCN(S(C)(=O)=O)CC1. The van der Waals surface area contributed by atoms with E-state index < -0.39 is 21.9 Å². The van der Waals surface area contributed by atoms with Crippen molar-refractivity contribution in [2.75, 3.05) is 39.0 Å². The highest BCUT2D eigenvalue weighted by atomic mass is 32.2. The van der Waals surface area contributed by atoms with Crippen molar-refractivity contribution in [3.8, 4) is 0 Å². The number of esters is 1. The summed E-state index contributed by atoms with van der Waals surface area (Å²) >= 11 is 0. The molecular weight excluding hydrogens is 324 g/mol. The fourth-order valence-corrected chi connectivity index (χ4v) is 3.27. The Hall–Kier alpha value is -1.94. The first kappa shape index (κ1) is 17.4. The normalized spacial score (nSPS) is 16.9. The van der Waals surface area contributed by atoms with E-state index in [0.717, 1.165) is 6.26 Å². The fraction of sp³-hybridized carbons (Fsp3) is 0.615. The van der Waals surface area contributed by atoms with Gasteiger partial charge in [0.15, 0.2) is 11.4 Å². The van der Waals surface area contributed by atoms with E-state index in [1.165, 1.54) is 15.5 Å². The van der Waals surface area contributed by atoms with Gasteiger partial charge in [0.05, 0.1) is 19.2 Å². The number of H-pyrrole nitrogens is 1. The van der Waals surface area contributed by atoms with Crippen molar-refractivity contribution in [3.63, 3.8) is 0 Å². The Morgan fingerprint density at radius 1 is 1.30 bits per heavy atom. The number of aromatic nitrogens is 2. The summed E-state index contributed by atoms with van der Waals surface area (Å²) in [6, 6.07) is 0. The Labute approximate surface area is 134 Å². The zero-order chi connectivity index (χ0) is 17.0. The summed E-state index contributed by atoms with van der Waals surface area (Å²) in [5.41, 5.74) is 0.0114. The van der Waals surface area contributed by atoms with Crippen LogP contribution in [-0.2, 0) is 14.8 Å². The van der Waals surface area contributed by atoms with Crippen molar-refractivity contribution >= 4 is 21.9 Å². The molecule has 128 valence electrons. The van der Waals surface area contributed by atoms with Crippen molar-refractivity contribution in [2.24, 2.45) is 0 Å². The first-order chi connectivity index (χ1) is 10.8. The zero-order valence-electron chi connectivity index (χ0n) is 13.1. The van der Waals surface area contributed by atoms with E-state index >= 15 is 0 Å². The van der Waals surface area contributed by atoms with Crippen molar-refractivity contribution in [1.29, 1.82) is 0 Å². The molecule has 0 aromatic carbocycles. The second-order valence-electron chi connectivity index (χ2n) is 5.15. The smallest absolute Gasteiger partial charge is 0.357 e. The van der Waals surface area contributed by atoms with Gasteiger partial charge in [-0.15, -0.1) is 0 Å². The molecule has 1 aromatic heterocycles. The number of hydrogen-bond donors (Lipinski definition) is 1. The lowest BCUT2D eigenvalue weighted by molar-refractivity contribution is 0.0512. The summed E-state index contributed by atoms with van der Waals surface area (Å²) in [5.74, 6) is -1.05. The molecule has 0 aliphatic carbocycles. The van der Waals surface area contributed by atoms with Crippen molar-refractivity contribution in [3.05, 3.63) is 17.7 Å². The molecule has 23 heavy (non-hydrogen) atoms. The first-order valence-electron chi connectivity index (χ1n) is 7.29. The van der Waals surface area contributed by atoms with Gasteiger partial charge in [-0.1, -0.05) is 0 Å². The van der Waals surface area contributed by atoms with E-state index in [9.17, 15) is 18.0 Å². The summed E-state index contributed by atoms with van der Waals surface area (Å²) in [6.45, 7) is 3.11. The Balaban J connectivity index is 2.13. The van der Waals surface area contributed by atoms with Crippen LogP contribution in [0.3, 0.4) is 0 Å². The maximum Gasteiger partial charge on any atom is 0.357 e. The maximum atomic E-state index is 12.6. The molecule has 2 heterocycles. The summed E-state index contributed by atoms with van der Waals surface area (Å²) in [4.78, 5) is 32.4. The highest BCUT2D eigenvalue weighted by Crippen LogP contribution is 2.13. The van der Waals surface area contributed by atoms with Crippen LogP contribution in [0.5, 0.6) is 0 Å². The molecule has 10 heteroatoms. The molecule has 1 N–H and O–H groups in total. The Kier molecular flexibility index (Phi) is 5.37. The minimum atomic E-state index is -3.28. The molecule has 9 nitrogen and oxygen atoms in total. The molecule has 0 spiro atoms. The summed E-state index contributed by atoms with van der Waals surface area (Å²) in [5, 5.41) is 0. The number of aromatic amines is 1. The number of amides is 1. The topological polar surface area (TPSA) is 113 Å². The predicted octanol–water partition coefficient (Wildman–Crippen LogP) is -0.306. The summed E-state index contributed by atoms with van der Waals surface area (Å²) < 4.78 is 29.4. The highest BCUT2D eigenvalue weighted by Gasteiger charge is 2.28. The molecule has 1 saturated heterocycles. The molecule has 1 fully saturated rings. The van der Waals surface area contributed by atoms with Crippen molar-refractivity contribution in [1.82, 2.24) is 19.2 Å². The van der Waals surface area contributed by atoms with Crippen LogP contribution in [0, 0.1) is 0 Å². The van der Waals surface area contributed by atoms with E-state index in [1.807, 2.05) is 0 Å². The number of carbonyl (C=O) groups excluding carboxylic acids is 2. The molecule has 2 rings (SSSR count). The maximum absolute atomic E-state index is 12.6. The van der Waals surface area contributed by atoms with Gasteiger partial charge in [0.2, 0.25) is 10.0 Å². The van der Waals surface area contributed by atoms with Gasteiger partial charge in [0, 0.05) is 26.2 Å². The lowest BCUT2D eigenvalue weighted by Gasteiger charge is -2.20. The van der Waals surface area contributed by atoms with Gasteiger partial charge in [-0.2, -0.15) is 0 Å². The molecule has 0 unspecified atom stereocenters. The second kappa shape index (κ2) is 7.09. The van der Waals surface area contributed by atoms with Crippen LogP contribution >= 0.6 is 0 Å². The number of rotatable bonds is 4. The molecular formula is C13H20N4O5S. The van der Waals surface area contributed by atoms with Gasteiger partial charge < -0.3 is 14.6 Å².